The van der Waals surface area contributed by atoms with Crippen LogP contribution in [0.3, 0.4) is 0 Å². The molecule has 0 aromatic heterocycles. The quantitative estimate of drug-likeness (QED) is 0.859. The highest BCUT2D eigenvalue weighted by atomic mass is 16.3. The van der Waals surface area contributed by atoms with E-state index in [2.05, 4.69) is 36.1 Å². The lowest BCUT2D eigenvalue weighted by atomic mass is 9.77. The molecule has 1 heterocycles. The van der Waals surface area contributed by atoms with Crippen LogP contribution >= 0.6 is 0 Å². The molecular weight excluding hydrogens is 260 g/mol. The van der Waals surface area contributed by atoms with Crippen LogP contribution in [-0.4, -0.2) is 35.7 Å². The number of piperidine rings is 1. The topological polar surface area (TPSA) is 47.3 Å². The summed E-state index contributed by atoms with van der Waals surface area (Å²) < 4.78 is 0. The third-order valence-electron chi connectivity index (χ3n) is 4.53. The summed E-state index contributed by atoms with van der Waals surface area (Å²) >= 11 is 0. The van der Waals surface area contributed by atoms with Crippen molar-refractivity contribution in [1.29, 1.82) is 5.26 Å². The number of aliphatic hydroxyl groups is 1. The van der Waals surface area contributed by atoms with Crippen LogP contribution in [0.15, 0.2) is 23.8 Å². The summed E-state index contributed by atoms with van der Waals surface area (Å²) in [7, 11) is 0. The average molecular weight is 290 g/mol. The van der Waals surface area contributed by atoms with E-state index in [0.29, 0.717) is 6.42 Å². The van der Waals surface area contributed by atoms with Crippen LogP contribution in [0.4, 0.5) is 0 Å². The zero-order chi connectivity index (χ0) is 15.7. The Bertz CT molecular complexity index is 398. The molecular formula is C18H30N2O. The van der Waals surface area contributed by atoms with Gasteiger partial charge in [-0.15, -0.1) is 0 Å². The van der Waals surface area contributed by atoms with E-state index < -0.39 is 0 Å². The van der Waals surface area contributed by atoms with Gasteiger partial charge in [-0.2, -0.15) is 5.26 Å². The molecule has 21 heavy (non-hydrogen) atoms. The molecule has 3 heteroatoms. The Morgan fingerprint density at radius 2 is 2.00 bits per heavy atom. The number of nitrogens with zero attached hydrogens (tertiary/aromatic N) is 2. The Labute approximate surface area is 130 Å². The Kier molecular flexibility index (Phi) is 7.71. The molecule has 1 unspecified atom stereocenters. The maximum Gasteiger partial charge on any atom is 0.0628 e. The first-order chi connectivity index (χ1) is 10.2. The third-order valence-corrected chi connectivity index (χ3v) is 4.53. The lowest BCUT2D eigenvalue weighted by Crippen LogP contribution is -2.46. The van der Waals surface area contributed by atoms with Gasteiger partial charge in [0.05, 0.1) is 18.7 Å². The summed E-state index contributed by atoms with van der Waals surface area (Å²) in [6.07, 6.45) is 11.6. The van der Waals surface area contributed by atoms with Gasteiger partial charge in [0.15, 0.2) is 0 Å². The van der Waals surface area contributed by atoms with E-state index in [-0.39, 0.29) is 18.1 Å². The van der Waals surface area contributed by atoms with Crippen LogP contribution in [0.2, 0.25) is 0 Å². The molecule has 118 valence electrons. The highest BCUT2D eigenvalue weighted by Gasteiger charge is 2.33. The smallest absolute Gasteiger partial charge is 0.0628 e. The van der Waals surface area contributed by atoms with Crippen LogP contribution < -0.4 is 0 Å². The van der Waals surface area contributed by atoms with Gasteiger partial charge in [0.2, 0.25) is 0 Å². The Balaban J connectivity index is 0.00000106. The van der Waals surface area contributed by atoms with Crippen molar-refractivity contribution in [1.82, 2.24) is 4.90 Å². The summed E-state index contributed by atoms with van der Waals surface area (Å²) in [4.78, 5) is 2.38. The number of aliphatic hydroxyl groups excluding tert-OH is 1. The molecule has 0 amide bonds. The van der Waals surface area contributed by atoms with Crippen molar-refractivity contribution in [3.8, 4) is 6.07 Å². The standard InChI is InChI=1S/C16H24N2O.C2H6/c1-16(7-10-17)8-11-18(12-9-16)15(13-19)14-5-3-2-4-6-14;1-2/h3,5-6,15,19H,2,4,7-9,11-13H2,1H3;1-2H3. The van der Waals surface area contributed by atoms with Gasteiger partial charge in [-0.25, -0.2) is 0 Å². The first kappa shape index (κ1) is 17.9. The molecule has 3 nitrogen and oxygen atoms in total. The molecule has 1 aliphatic heterocycles. The third kappa shape index (κ3) is 4.98. The van der Waals surface area contributed by atoms with E-state index in [4.69, 9.17) is 5.26 Å². The highest BCUT2D eigenvalue weighted by Crippen LogP contribution is 2.35. The average Bonchev–Trinajstić information content (AvgIpc) is 2.53. The van der Waals surface area contributed by atoms with E-state index in [9.17, 15) is 5.11 Å². The highest BCUT2D eigenvalue weighted by molar-refractivity contribution is 5.28. The Hall–Kier alpha value is -1.11. The van der Waals surface area contributed by atoms with E-state index in [1.165, 1.54) is 5.57 Å². The number of allylic oxidation sites excluding steroid dienone is 2. The van der Waals surface area contributed by atoms with Crippen LogP contribution in [0.25, 0.3) is 0 Å². The van der Waals surface area contributed by atoms with Gasteiger partial charge < -0.3 is 5.11 Å². The SMILES string of the molecule is CC.CC1(CC#N)CCN(C(CO)C2=CCCC=C2)CC1. The van der Waals surface area contributed by atoms with Gasteiger partial charge in [0, 0.05) is 6.42 Å². The summed E-state index contributed by atoms with van der Waals surface area (Å²) in [6.45, 7) is 8.36. The molecule has 0 spiro atoms. The zero-order valence-electron chi connectivity index (χ0n) is 13.8. The zero-order valence-corrected chi connectivity index (χ0v) is 13.8. The van der Waals surface area contributed by atoms with Gasteiger partial charge in [-0.05, 0) is 49.8 Å². The van der Waals surface area contributed by atoms with Crippen molar-refractivity contribution >= 4 is 0 Å². The number of hydrogen-bond donors (Lipinski definition) is 1. The van der Waals surface area contributed by atoms with Gasteiger partial charge in [-0.3, -0.25) is 4.90 Å². The van der Waals surface area contributed by atoms with Gasteiger partial charge >= 0.3 is 0 Å². The predicted octanol–water partition coefficient (Wildman–Crippen LogP) is 3.67. The fourth-order valence-corrected chi connectivity index (χ4v) is 3.06. The maximum absolute atomic E-state index is 9.70. The van der Waals surface area contributed by atoms with Crippen LogP contribution in [0, 0.1) is 16.7 Å². The van der Waals surface area contributed by atoms with Crippen molar-refractivity contribution in [3.05, 3.63) is 23.8 Å². The van der Waals surface area contributed by atoms with Crippen molar-refractivity contribution in [2.24, 2.45) is 5.41 Å². The molecule has 1 fully saturated rings. The lowest BCUT2D eigenvalue weighted by molar-refractivity contribution is 0.0725. The minimum atomic E-state index is 0.142. The van der Waals surface area contributed by atoms with Crippen LogP contribution in [-0.2, 0) is 0 Å². The van der Waals surface area contributed by atoms with Crippen molar-refractivity contribution < 1.29 is 5.11 Å². The van der Waals surface area contributed by atoms with E-state index >= 15 is 0 Å². The monoisotopic (exact) mass is 290 g/mol. The van der Waals surface area contributed by atoms with Gasteiger partial charge in [0.25, 0.3) is 0 Å². The number of nitriles is 1. The molecule has 2 rings (SSSR count). The molecule has 1 saturated heterocycles. The van der Waals surface area contributed by atoms with Crippen LogP contribution in [0.1, 0.15) is 52.9 Å². The predicted molar refractivity (Wildman–Crippen MR) is 87.8 cm³/mol. The van der Waals surface area contributed by atoms with E-state index in [1.807, 2.05) is 13.8 Å². The van der Waals surface area contributed by atoms with E-state index in [0.717, 1.165) is 38.8 Å². The molecule has 2 aliphatic rings. The molecule has 1 N–H and O–H groups in total. The largest absolute Gasteiger partial charge is 0.394 e. The summed E-state index contributed by atoms with van der Waals surface area (Å²) in [5.41, 5.74) is 1.43. The normalized spacial score (nSPS) is 22.5. The van der Waals surface area contributed by atoms with Crippen molar-refractivity contribution in [3.63, 3.8) is 0 Å². The molecule has 1 atom stereocenters. The maximum atomic E-state index is 9.70. The molecule has 0 bridgehead atoms. The van der Waals surface area contributed by atoms with E-state index in [1.54, 1.807) is 0 Å². The fraction of sp³-hybridized carbons (Fsp3) is 0.722. The molecule has 0 saturated carbocycles. The van der Waals surface area contributed by atoms with Gasteiger partial charge in [-0.1, -0.05) is 39.0 Å². The second-order valence-corrected chi connectivity index (χ2v) is 6.06. The molecule has 0 radical (unpaired) electrons. The second-order valence-electron chi connectivity index (χ2n) is 6.06. The summed E-state index contributed by atoms with van der Waals surface area (Å²) in [5.74, 6) is 0. The fourth-order valence-electron chi connectivity index (χ4n) is 3.06. The Morgan fingerprint density at radius 3 is 2.48 bits per heavy atom. The summed E-state index contributed by atoms with van der Waals surface area (Å²) in [5, 5.41) is 18.6. The minimum Gasteiger partial charge on any atom is -0.394 e. The molecule has 0 aromatic carbocycles. The lowest BCUT2D eigenvalue weighted by Gasteiger charge is -2.42. The number of hydrogen-bond acceptors (Lipinski definition) is 3. The summed E-state index contributed by atoms with van der Waals surface area (Å²) in [6, 6.07) is 2.45. The first-order valence-electron chi connectivity index (χ1n) is 8.27. The molecule has 0 aromatic rings. The van der Waals surface area contributed by atoms with Crippen molar-refractivity contribution in [2.75, 3.05) is 19.7 Å². The van der Waals surface area contributed by atoms with Crippen molar-refractivity contribution in [2.45, 2.75) is 58.9 Å². The minimum absolute atomic E-state index is 0.142. The first-order valence-corrected chi connectivity index (χ1v) is 8.27. The Morgan fingerprint density at radius 1 is 1.33 bits per heavy atom. The molecule has 1 aliphatic carbocycles. The number of likely N-dealkylation sites (tertiary alicyclic amines) is 1. The van der Waals surface area contributed by atoms with Crippen LogP contribution in [0.5, 0.6) is 0 Å². The second kappa shape index (κ2) is 9.02. The van der Waals surface area contributed by atoms with Gasteiger partial charge in [0.1, 0.15) is 0 Å². The number of rotatable bonds is 4.